The average Bonchev–Trinajstić information content (AvgIpc) is 2.84. The summed E-state index contributed by atoms with van der Waals surface area (Å²) in [6, 6.07) is 13.6. The number of nitrogens with zero attached hydrogens (tertiary/aromatic N) is 2. The van der Waals surface area contributed by atoms with E-state index in [0.29, 0.717) is 21.9 Å². The van der Waals surface area contributed by atoms with E-state index in [1.165, 1.54) is 12.4 Å². The smallest absolute Gasteiger partial charge is 0.340 e. The van der Waals surface area contributed by atoms with E-state index in [0.717, 1.165) is 0 Å². The maximum absolute atomic E-state index is 12.5. The summed E-state index contributed by atoms with van der Waals surface area (Å²) in [5, 5.41) is 3.37. The Morgan fingerprint density at radius 2 is 1.65 bits per heavy atom. The Labute approximate surface area is 203 Å². The molecule has 1 N–H and O–H groups in total. The zero-order valence-corrected chi connectivity index (χ0v) is 19.7. The van der Waals surface area contributed by atoms with Crippen molar-refractivity contribution in [3.63, 3.8) is 0 Å². The van der Waals surface area contributed by atoms with Crippen molar-refractivity contribution in [2.45, 2.75) is 25.6 Å². The Bertz CT molecular complexity index is 1060. The summed E-state index contributed by atoms with van der Waals surface area (Å²) in [5.41, 5.74) is 0.0424. The van der Waals surface area contributed by atoms with Crippen LogP contribution in [0.2, 0.25) is 5.02 Å². The lowest BCUT2D eigenvalue weighted by Crippen LogP contribution is -2.40. The molecule has 0 fully saturated rings. The molecule has 8 nitrogen and oxygen atoms in total. The molecule has 178 valence electrons. The van der Waals surface area contributed by atoms with Crippen LogP contribution in [-0.4, -0.2) is 53.3 Å². The molecule has 2 heterocycles. The minimum atomic E-state index is -0.736. The van der Waals surface area contributed by atoms with E-state index in [1.54, 1.807) is 60.9 Å². The second-order valence-corrected chi connectivity index (χ2v) is 8.49. The molecule has 0 saturated heterocycles. The number of nitrogens with one attached hydrogen (secondary N) is 1. The standard InChI is InChI=1S/C25H26ClN3O5/c1-25(2,34-21-9-7-20(26)8-10-21)17-32-16-22(33-24(31)19-6-4-12-28-14-19)15-29-23(30)18-5-3-11-27-13-18/h3-14,22H,15-17H2,1-2H3,(H,29,30)/t22-/m1/s1. The number of rotatable bonds is 11. The van der Waals surface area contributed by atoms with Gasteiger partial charge in [-0.1, -0.05) is 11.6 Å². The van der Waals surface area contributed by atoms with Gasteiger partial charge in [-0.15, -0.1) is 0 Å². The Morgan fingerprint density at radius 3 is 2.26 bits per heavy atom. The highest BCUT2D eigenvalue weighted by Crippen LogP contribution is 2.21. The SMILES string of the molecule is CC(C)(COC[C@@H](CNC(=O)c1cccnc1)OC(=O)c1cccnc1)Oc1ccc(Cl)cc1. The van der Waals surface area contributed by atoms with Crippen molar-refractivity contribution in [3.05, 3.63) is 89.5 Å². The van der Waals surface area contributed by atoms with Crippen LogP contribution in [0.4, 0.5) is 0 Å². The van der Waals surface area contributed by atoms with Gasteiger partial charge in [0.15, 0.2) is 0 Å². The zero-order chi connectivity index (χ0) is 24.4. The fraction of sp³-hybridized carbons (Fsp3) is 0.280. The molecule has 0 spiro atoms. The fourth-order valence-electron chi connectivity index (χ4n) is 2.93. The number of carbonyl (C=O) groups excluding carboxylic acids is 2. The number of pyridine rings is 2. The van der Waals surface area contributed by atoms with E-state index in [2.05, 4.69) is 15.3 Å². The van der Waals surface area contributed by atoms with Crippen LogP contribution in [0.1, 0.15) is 34.6 Å². The number of carbonyl (C=O) groups is 2. The van der Waals surface area contributed by atoms with Gasteiger partial charge in [-0.2, -0.15) is 0 Å². The van der Waals surface area contributed by atoms with E-state index < -0.39 is 17.7 Å². The van der Waals surface area contributed by atoms with Gasteiger partial charge in [-0.25, -0.2) is 4.79 Å². The monoisotopic (exact) mass is 483 g/mol. The first-order chi connectivity index (χ1) is 16.3. The van der Waals surface area contributed by atoms with Gasteiger partial charge in [-0.05, 0) is 62.4 Å². The van der Waals surface area contributed by atoms with Crippen LogP contribution in [0.3, 0.4) is 0 Å². The number of esters is 1. The van der Waals surface area contributed by atoms with E-state index >= 15 is 0 Å². The van der Waals surface area contributed by atoms with Crippen molar-refractivity contribution < 1.29 is 23.8 Å². The number of halogens is 1. The molecule has 1 atom stereocenters. The lowest BCUT2D eigenvalue weighted by Gasteiger charge is -2.27. The third-order valence-electron chi connectivity index (χ3n) is 4.55. The van der Waals surface area contributed by atoms with E-state index in [-0.39, 0.29) is 25.7 Å². The highest BCUT2D eigenvalue weighted by molar-refractivity contribution is 6.30. The van der Waals surface area contributed by atoms with Crippen molar-refractivity contribution in [3.8, 4) is 5.75 Å². The summed E-state index contributed by atoms with van der Waals surface area (Å²) in [5.74, 6) is -0.239. The molecule has 0 aliphatic rings. The molecule has 3 aromatic rings. The highest BCUT2D eigenvalue weighted by Gasteiger charge is 2.23. The van der Waals surface area contributed by atoms with Crippen molar-refractivity contribution in [1.29, 1.82) is 0 Å². The number of hydrogen-bond acceptors (Lipinski definition) is 7. The van der Waals surface area contributed by atoms with Gasteiger partial charge < -0.3 is 19.5 Å². The molecule has 9 heteroatoms. The van der Waals surface area contributed by atoms with Gasteiger partial charge in [0, 0.05) is 29.8 Å². The molecule has 0 radical (unpaired) electrons. The summed E-state index contributed by atoms with van der Waals surface area (Å²) in [6.45, 7) is 4.07. The molecule has 0 saturated carbocycles. The molecule has 0 aliphatic heterocycles. The van der Waals surface area contributed by atoms with Crippen molar-refractivity contribution >= 4 is 23.5 Å². The second-order valence-electron chi connectivity index (χ2n) is 8.05. The van der Waals surface area contributed by atoms with Gasteiger partial charge in [-0.3, -0.25) is 14.8 Å². The van der Waals surface area contributed by atoms with Crippen molar-refractivity contribution in [2.75, 3.05) is 19.8 Å². The lowest BCUT2D eigenvalue weighted by atomic mass is 10.1. The molecular weight excluding hydrogens is 458 g/mol. The number of amides is 1. The molecule has 0 unspecified atom stereocenters. The van der Waals surface area contributed by atoms with Gasteiger partial charge >= 0.3 is 5.97 Å². The molecular formula is C25H26ClN3O5. The van der Waals surface area contributed by atoms with Gasteiger partial charge in [0.1, 0.15) is 17.5 Å². The Kier molecular flexibility index (Phi) is 8.95. The average molecular weight is 484 g/mol. The first-order valence-electron chi connectivity index (χ1n) is 10.6. The third kappa shape index (κ3) is 8.13. The predicted molar refractivity (Wildman–Crippen MR) is 127 cm³/mol. The number of ether oxygens (including phenoxy) is 3. The molecule has 1 aromatic carbocycles. The van der Waals surface area contributed by atoms with Crippen LogP contribution in [-0.2, 0) is 9.47 Å². The van der Waals surface area contributed by atoms with Crippen LogP contribution < -0.4 is 10.1 Å². The lowest BCUT2D eigenvalue weighted by molar-refractivity contribution is -0.0421. The van der Waals surface area contributed by atoms with E-state index in [9.17, 15) is 9.59 Å². The third-order valence-corrected chi connectivity index (χ3v) is 4.80. The number of hydrogen-bond donors (Lipinski definition) is 1. The highest BCUT2D eigenvalue weighted by atomic mass is 35.5. The molecule has 2 aromatic heterocycles. The van der Waals surface area contributed by atoms with Crippen LogP contribution in [0.15, 0.2) is 73.3 Å². The predicted octanol–water partition coefficient (Wildman–Crippen LogP) is 3.96. The number of benzene rings is 1. The maximum atomic E-state index is 12.5. The largest absolute Gasteiger partial charge is 0.485 e. The fourth-order valence-corrected chi connectivity index (χ4v) is 3.06. The van der Waals surface area contributed by atoms with Gasteiger partial charge in [0.05, 0.1) is 30.9 Å². The van der Waals surface area contributed by atoms with E-state index in [4.69, 9.17) is 25.8 Å². The van der Waals surface area contributed by atoms with Crippen LogP contribution in [0.5, 0.6) is 5.75 Å². The van der Waals surface area contributed by atoms with Crippen LogP contribution in [0.25, 0.3) is 0 Å². The first-order valence-corrected chi connectivity index (χ1v) is 11.0. The Morgan fingerprint density at radius 1 is 1.00 bits per heavy atom. The molecule has 0 aliphatic carbocycles. The van der Waals surface area contributed by atoms with Crippen LogP contribution in [0, 0.1) is 0 Å². The zero-order valence-electron chi connectivity index (χ0n) is 18.9. The Hall–Kier alpha value is -3.49. The molecule has 1 amide bonds. The topological polar surface area (TPSA) is 99.6 Å². The van der Waals surface area contributed by atoms with Gasteiger partial charge in [0.2, 0.25) is 0 Å². The first kappa shape index (κ1) is 25.1. The second kappa shape index (κ2) is 12.1. The quantitative estimate of drug-likeness (QED) is 0.412. The molecule has 34 heavy (non-hydrogen) atoms. The Balaban J connectivity index is 1.58. The molecule has 3 rings (SSSR count). The minimum Gasteiger partial charge on any atom is -0.485 e. The normalized spacial score (nSPS) is 12.0. The maximum Gasteiger partial charge on any atom is 0.340 e. The van der Waals surface area contributed by atoms with Crippen molar-refractivity contribution in [1.82, 2.24) is 15.3 Å². The summed E-state index contributed by atoms with van der Waals surface area (Å²) >= 11 is 5.92. The van der Waals surface area contributed by atoms with Crippen molar-refractivity contribution in [2.24, 2.45) is 0 Å². The van der Waals surface area contributed by atoms with Gasteiger partial charge in [0.25, 0.3) is 5.91 Å². The van der Waals surface area contributed by atoms with Crippen LogP contribution >= 0.6 is 11.6 Å². The summed E-state index contributed by atoms with van der Waals surface area (Å²) < 4.78 is 17.4. The summed E-state index contributed by atoms with van der Waals surface area (Å²) in [4.78, 5) is 32.8. The minimum absolute atomic E-state index is 0.0483. The van der Waals surface area contributed by atoms with E-state index in [1.807, 2.05) is 13.8 Å². The number of aromatic nitrogens is 2. The summed E-state index contributed by atoms with van der Waals surface area (Å²) in [7, 11) is 0. The summed E-state index contributed by atoms with van der Waals surface area (Å²) in [6.07, 6.45) is 5.28. The molecule has 0 bridgehead atoms.